The van der Waals surface area contributed by atoms with Crippen LogP contribution in [0.25, 0.3) is 0 Å². The van der Waals surface area contributed by atoms with Crippen molar-refractivity contribution in [3.63, 3.8) is 0 Å². The van der Waals surface area contributed by atoms with E-state index in [2.05, 4.69) is 62.5 Å². The molecule has 0 N–H and O–H groups in total. The van der Waals surface area contributed by atoms with Gasteiger partial charge in [0.1, 0.15) is 0 Å². The molecule has 0 spiro atoms. The van der Waals surface area contributed by atoms with Crippen LogP contribution < -0.4 is 0 Å². The van der Waals surface area contributed by atoms with E-state index >= 15 is 0 Å². The van der Waals surface area contributed by atoms with Gasteiger partial charge in [-0.05, 0) is 32.1 Å². The molecule has 0 amide bonds. The number of unbranched alkanes of at least 4 members (excludes halogenated alkanes) is 6. The first-order valence-electron chi connectivity index (χ1n) is 8.53. The molecule has 0 rings (SSSR count). The zero-order valence-corrected chi connectivity index (χ0v) is 13.7. The largest absolute Gasteiger partial charge is 0.0885 e. The van der Waals surface area contributed by atoms with Crippen molar-refractivity contribution in [3.05, 3.63) is 48.6 Å². The Hall–Kier alpha value is -1.04. The Morgan fingerprint density at radius 3 is 1.90 bits per heavy atom. The highest BCUT2D eigenvalue weighted by atomic mass is 13.9. The molecule has 0 bridgehead atoms. The van der Waals surface area contributed by atoms with Gasteiger partial charge in [-0.15, -0.1) is 0 Å². The summed E-state index contributed by atoms with van der Waals surface area (Å²) in [5.74, 6) is 0. The van der Waals surface area contributed by atoms with Gasteiger partial charge in [0, 0.05) is 0 Å². The van der Waals surface area contributed by atoms with Gasteiger partial charge in [-0.25, -0.2) is 0 Å². The van der Waals surface area contributed by atoms with Gasteiger partial charge in [-0.3, -0.25) is 0 Å². The molecule has 0 aromatic rings. The highest BCUT2D eigenvalue weighted by Crippen LogP contribution is 2.07. The Labute approximate surface area is 127 Å². The maximum Gasteiger partial charge on any atom is -0.0166 e. The average Bonchev–Trinajstić information content (AvgIpc) is 2.47. The monoisotopic (exact) mass is 274 g/mol. The minimum atomic E-state index is 1.04. The van der Waals surface area contributed by atoms with E-state index in [1.807, 2.05) is 0 Å². The fraction of sp³-hybridized carbons (Fsp3) is 0.600. The Kier molecular flexibility index (Phi) is 17.0. The second-order valence-electron chi connectivity index (χ2n) is 5.24. The van der Waals surface area contributed by atoms with E-state index < -0.39 is 0 Å². The molecule has 0 radical (unpaired) electrons. The molecule has 0 aromatic carbocycles. The van der Waals surface area contributed by atoms with Crippen LogP contribution in [0.2, 0.25) is 0 Å². The predicted molar refractivity (Wildman–Crippen MR) is 94.1 cm³/mol. The molecule has 0 saturated carbocycles. The van der Waals surface area contributed by atoms with Gasteiger partial charge in [0.25, 0.3) is 0 Å². The molecular weight excluding hydrogens is 240 g/mol. The van der Waals surface area contributed by atoms with Crippen molar-refractivity contribution in [2.45, 2.75) is 78.1 Å². The quantitative estimate of drug-likeness (QED) is 0.190. The molecule has 0 aliphatic heterocycles. The van der Waals surface area contributed by atoms with Gasteiger partial charge >= 0.3 is 0 Å². The van der Waals surface area contributed by atoms with E-state index in [1.165, 1.54) is 44.9 Å². The standard InChI is InChI=1S/C20H34/c1-3-5-7-9-11-13-15-17-19-20-18-16-14-12-10-8-6-4-2/h5,7,11,13,17-20H,3-4,6,8-10,12,14-16H2,1-2H3/b7-5-,13-11-,19-17-,20-18+. The molecule has 0 heterocycles. The molecule has 0 aromatic heterocycles. The lowest BCUT2D eigenvalue weighted by Crippen LogP contribution is -1.77. The van der Waals surface area contributed by atoms with Gasteiger partial charge < -0.3 is 0 Å². The number of hydrogen-bond donors (Lipinski definition) is 0. The summed E-state index contributed by atoms with van der Waals surface area (Å²) in [5.41, 5.74) is 0. The van der Waals surface area contributed by atoms with Crippen LogP contribution in [0.15, 0.2) is 48.6 Å². The molecule has 0 fully saturated rings. The molecule has 0 nitrogen and oxygen atoms in total. The van der Waals surface area contributed by atoms with Crippen LogP contribution >= 0.6 is 0 Å². The van der Waals surface area contributed by atoms with Crippen LogP contribution in [0.3, 0.4) is 0 Å². The first-order chi connectivity index (χ1) is 9.91. The zero-order chi connectivity index (χ0) is 14.7. The molecule has 0 heteroatoms. The second kappa shape index (κ2) is 18.0. The zero-order valence-electron chi connectivity index (χ0n) is 13.7. The van der Waals surface area contributed by atoms with Crippen LogP contribution in [0, 0.1) is 0 Å². The van der Waals surface area contributed by atoms with Crippen LogP contribution in [-0.4, -0.2) is 0 Å². The summed E-state index contributed by atoms with van der Waals surface area (Å²) in [6.45, 7) is 4.44. The van der Waals surface area contributed by atoms with E-state index in [1.54, 1.807) is 0 Å². The van der Waals surface area contributed by atoms with Crippen LogP contribution in [0.4, 0.5) is 0 Å². The van der Waals surface area contributed by atoms with Crippen molar-refractivity contribution >= 4 is 0 Å². The third kappa shape index (κ3) is 17.0. The number of allylic oxidation sites excluding steroid dienone is 8. The van der Waals surface area contributed by atoms with Crippen LogP contribution in [-0.2, 0) is 0 Å². The third-order valence-electron chi connectivity index (χ3n) is 3.22. The first kappa shape index (κ1) is 19.0. The highest BCUT2D eigenvalue weighted by molar-refractivity contribution is 5.05. The minimum Gasteiger partial charge on any atom is -0.0885 e. The molecular formula is C20H34. The third-order valence-corrected chi connectivity index (χ3v) is 3.22. The minimum absolute atomic E-state index is 1.04. The van der Waals surface area contributed by atoms with Gasteiger partial charge in [0.2, 0.25) is 0 Å². The Morgan fingerprint density at radius 1 is 0.550 bits per heavy atom. The van der Waals surface area contributed by atoms with Crippen LogP contribution in [0.5, 0.6) is 0 Å². The summed E-state index contributed by atoms with van der Waals surface area (Å²) in [4.78, 5) is 0. The van der Waals surface area contributed by atoms with Crippen molar-refractivity contribution in [1.82, 2.24) is 0 Å². The molecule has 0 atom stereocenters. The maximum absolute atomic E-state index is 2.30. The lowest BCUT2D eigenvalue weighted by Gasteiger charge is -1.97. The SMILES string of the molecule is CC/C=C\C/C=C\C/C=C\C=C\CCCCCCCC. The molecule has 0 aliphatic carbocycles. The summed E-state index contributed by atoms with van der Waals surface area (Å²) in [6, 6.07) is 0. The second-order valence-corrected chi connectivity index (χ2v) is 5.24. The molecule has 0 aliphatic rings. The Morgan fingerprint density at radius 2 is 1.15 bits per heavy atom. The van der Waals surface area contributed by atoms with E-state index in [4.69, 9.17) is 0 Å². The van der Waals surface area contributed by atoms with E-state index in [0.29, 0.717) is 0 Å². The summed E-state index contributed by atoms with van der Waals surface area (Å²) >= 11 is 0. The highest BCUT2D eigenvalue weighted by Gasteiger charge is 1.87. The normalized spacial score (nSPS) is 12.7. The molecule has 0 unspecified atom stereocenters. The molecule has 20 heavy (non-hydrogen) atoms. The van der Waals surface area contributed by atoms with Gasteiger partial charge in [0.05, 0.1) is 0 Å². The van der Waals surface area contributed by atoms with Crippen molar-refractivity contribution in [2.24, 2.45) is 0 Å². The topological polar surface area (TPSA) is 0 Å². The van der Waals surface area contributed by atoms with Gasteiger partial charge in [0.15, 0.2) is 0 Å². The lowest BCUT2D eigenvalue weighted by molar-refractivity contribution is 0.611. The van der Waals surface area contributed by atoms with Crippen molar-refractivity contribution in [3.8, 4) is 0 Å². The maximum atomic E-state index is 2.30. The number of hydrogen-bond acceptors (Lipinski definition) is 0. The summed E-state index contributed by atoms with van der Waals surface area (Å²) in [5, 5.41) is 0. The van der Waals surface area contributed by atoms with Crippen molar-refractivity contribution < 1.29 is 0 Å². The predicted octanol–water partition coefficient (Wildman–Crippen LogP) is 7.15. The first-order valence-corrected chi connectivity index (χ1v) is 8.53. The number of rotatable bonds is 13. The van der Waals surface area contributed by atoms with E-state index in [9.17, 15) is 0 Å². The van der Waals surface area contributed by atoms with Crippen molar-refractivity contribution in [1.29, 1.82) is 0 Å². The summed E-state index contributed by atoms with van der Waals surface area (Å²) < 4.78 is 0. The lowest BCUT2D eigenvalue weighted by atomic mass is 10.1. The van der Waals surface area contributed by atoms with E-state index in [0.717, 1.165) is 19.3 Å². The Balaban J connectivity index is 3.32. The van der Waals surface area contributed by atoms with Gasteiger partial charge in [-0.1, -0.05) is 94.6 Å². The van der Waals surface area contributed by atoms with Crippen LogP contribution in [0.1, 0.15) is 78.1 Å². The average molecular weight is 274 g/mol. The van der Waals surface area contributed by atoms with Crippen molar-refractivity contribution in [2.75, 3.05) is 0 Å². The fourth-order valence-electron chi connectivity index (χ4n) is 1.99. The summed E-state index contributed by atoms with van der Waals surface area (Å²) in [7, 11) is 0. The van der Waals surface area contributed by atoms with Gasteiger partial charge in [-0.2, -0.15) is 0 Å². The Bertz CT molecular complexity index is 278. The van der Waals surface area contributed by atoms with E-state index in [-0.39, 0.29) is 0 Å². The molecule has 0 saturated heterocycles. The molecule has 114 valence electrons. The summed E-state index contributed by atoms with van der Waals surface area (Å²) in [6.07, 6.45) is 30.6. The fourth-order valence-corrected chi connectivity index (χ4v) is 1.99. The smallest absolute Gasteiger partial charge is 0.0166 e.